The van der Waals surface area contributed by atoms with Gasteiger partial charge in [-0.2, -0.15) is 0 Å². The third kappa shape index (κ3) is 2.95. The predicted molar refractivity (Wildman–Crippen MR) is 72.6 cm³/mol. The molecule has 0 aromatic rings. The zero-order chi connectivity index (χ0) is 11.4. The maximum atomic E-state index is 5.65. The van der Waals surface area contributed by atoms with Crippen LogP contribution in [0.5, 0.6) is 0 Å². The molecule has 2 heteroatoms. The fourth-order valence-corrected chi connectivity index (χ4v) is 22.7. The van der Waals surface area contributed by atoms with E-state index in [4.69, 9.17) is 4.74 Å². The molecule has 0 unspecified atom stereocenters. The van der Waals surface area contributed by atoms with Crippen molar-refractivity contribution in [2.75, 3.05) is 13.2 Å². The summed E-state index contributed by atoms with van der Waals surface area (Å²) in [6, 6.07) is 0. The molecule has 2 atom stereocenters. The van der Waals surface area contributed by atoms with E-state index in [1.54, 1.807) is 17.7 Å². The Bertz CT molecular complexity index is 195. The van der Waals surface area contributed by atoms with Crippen molar-refractivity contribution in [1.82, 2.24) is 0 Å². The molecule has 2 rings (SSSR count). The molecule has 2 heterocycles. The normalized spacial score (nSPS) is 31.9. The van der Waals surface area contributed by atoms with Gasteiger partial charge in [-0.15, -0.1) is 0 Å². The van der Waals surface area contributed by atoms with Gasteiger partial charge in [-0.1, -0.05) is 0 Å². The first-order chi connectivity index (χ1) is 7.79. The van der Waals surface area contributed by atoms with Gasteiger partial charge >= 0.3 is 105 Å². The van der Waals surface area contributed by atoms with Crippen LogP contribution in [-0.2, 0) is 4.74 Å². The van der Waals surface area contributed by atoms with E-state index >= 15 is 0 Å². The van der Waals surface area contributed by atoms with Gasteiger partial charge in [0, 0.05) is 0 Å². The minimum absolute atomic E-state index is 1.00. The van der Waals surface area contributed by atoms with E-state index in [0.29, 0.717) is 0 Å². The van der Waals surface area contributed by atoms with Crippen LogP contribution in [0.2, 0.25) is 17.7 Å². The van der Waals surface area contributed by atoms with Gasteiger partial charge in [-0.3, -0.25) is 0 Å². The molecule has 0 N–H and O–H groups in total. The van der Waals surface area contributed by atoms with Gasteiger partial charge in [0.15, 0.2) is 0 Å². The van der Waals surface area contributed by atoms with E-state index < -0.39 is 18.4 Å². The first-order valence-corrected chi connectivity index (χ1v) is 15.4. The molecule has 2 aliphatic rings. The summed E-state index contributed by atoms with van der Waals surface area (Å²) in [5, 5.41) is 0. The molecule has 0 saturated carbocycles. The first kappa shape index (κ1) is 13.2. The second-order valence-corrected chi connectivity index (χ2v) is 19.9. The summed E-state index contributed by atoms with van der Waals surface area (Å²) in [6.07, 6.45) is 5.88. The van der Waals surface area contributed by atoms with Crippen molar-refractivity contribution in [2.24, 2.45) is 11.8 Å². The molecule has 0 bridgehead atoms. The Morgan fingerprint density at radius 1 is 0.938 bits per heavy atom. The molecule has 0 spiro atoms. The maximum absolute atomic E-state index is 5.65. The molecule has 0 aromatic carbocycles. The van der Waals surface area contributed by atoms with Gasteiger partial charge < -0.3 is 0 Å². The van der Waals surface area contributed by atoms with Crippen molar-refractivity contribution in [1.29, 1.82) is 0 Å². The van der Waals surface area contributed by atoms with Gasteiger partial charge in [-0.25, -0.2) is 0 Å². The van der Waals surface area contributed by atoms with Crippen LogP contribution in [0.25, 0.3) is 0 Å². The van der Waals surface area contributed by atoms with Gasteiger partial charge in [0.25, 0.3) is 0 Å². The Hall–Kier alpha value is 0.759. The van der Waals surface area contributed by atoms with Crippen LogP contribution in [0.4, 0.5) is 0 Å². The number of fused-ring (bicyclic) bond motifs is 1. The monoisotopic (exact) mass is 332 g/mol. The molecule has 0 amide bonds. The van der Waals surface area contributed by atoms with Crippen molar-refractivity contribution in [3.63, 3.8) is 0 Å². The van der Waals surface area contributed by atoms with Crippen molar-refractivity contribution in [3.05, 3.63) is 0 Å². The van der Waals surface area contributed by atoms with E-state index in [1.807, 2.05) is 0 Å². The summed E-state index contributed by atoms with van der Waals surface area (Å²) in [5.74, 6) is 2.01. The molecule has 2 aliphatic heterocycles. The van der Waals surface area contributed by atoms with Crippen molar-refractivity contribution in [2.45, 2.75) is 57.3 Å². The third-order valence-corrected chi connectivity index (χ3v) is 20.9. The van der Waals surface area contributed by atoms with Crippen LogP contribution >= 0.6 is 0 Å². The van der Waals surface area contributed by atoms with Gasteiger partial charge in [0.2, 0.25) is 0 Å². The average Bonchev–Trinajstić information content (AvgIpc) is 2.82. The van der Waals surface area contributed by atoms with Crippen LogP contribution in [0, 0.1) is 11.8 Å². The zero-order valence-corrected chi connectivity index (χ0v) is 14.0. The topological polar surface area (TPSA) is 9.23 Å². The number of rotatable bonds is 6. The molecular weight excluding hydrogens is 303 g/mol. The third-order valence-electron chi connectivity index (χ3n) is 4.84. The Morgan fingerprint density at radius 2 is 1.44 bits per heavy atom. The summed E-state index contributed by atoms with van der Waals surface area (Å²) in [4.78, 5) is 0. The summed E-state index contributed by atoms with van der Waals surface area (Å²) in [5.41, 5.74) is 0. The van der Waals surface area contributed by atoms with E-state index in [0.717, 1.165) is 25.0 Å². The van der Waals surface area contributed by atoms with E-state index in [1.165, 1.54) is 25.7 Å². The molecule has 2 fully saturated rings. The second-order valence-electron chi connectivity index (χ2n) is 6.17. The second kappa shape index (κ2) is 6.08. The molecule has 2 saturated heterocycles. The van der Waals surface area contributed by atoms with Gasteiger partial charge in [0.1, 0.15) is 0 Å². The van der Waals surface area contributed by atoms with Crippen LogP contribution in [-0.4, -0.2) is 31.6 Å². The van der Waals surface area contributed by atoms with Crippen LogP contribution < -0.4 is 0 Å². The summed E-state index contributed by atoms with van der Waals surface area (Å²) in [6.45, 7) is 6.94. The Morgan fingerprint density at radius 3 is 1.88 bits per heavy atom. The van der Waals surface area contributed by atoms with Crippen LogP contribution in [0.1, 0.15) is 39.5 Å². The molecule has 94 valence electrons. The van der Waals surface area contributed by atoms with E-state index in [9.17, 15) is 0 Å². The standard InChI is InChI=1S/C6H10O.2C4H9.Sn/c1-5-3-7-4-6(5)2;2*1-3-4-2;/h5-6H,1-4H2;2*1,3-4H2,2H3;/t5-,6+;;;. The molecule has 16 heavy (non-hydrogen) atoms. The van der Waals surface area contributed by atoms with Crippen LogP contribution in [0.15, 0.2) is 0 Å². The molecule has 0 radical (unpaired) electrons. The molecular formula is C14H28OSn. The summed E-state index contributed by atoms with van der Waals surface area (Å²) in [7, 11) is 0. The molecule has 1 nitrogen and oxygen atoms in total. The summed E-state index contributed by atoms with van der Waals surface area (Å²) < 4.78 is 12.4. The fourth-order valence-electron chi connectivity index (χ4n) is 3.93. The van der Waals surface area contributed by atoms with Crippen molar-refractivity contribution in [3.8, 4) is 0 Å². The number of ether oxygens (including phenoxy) is 1. The van der Waals surface area contributed by atoms with Gasteiger partial charge in [-0.05, 0) is 0 Å². The average molecular weight is 331 g/mol. The number of hydrogen-bond donors (Lipinski definition) is 0. The first-order valence-electron chi connectivity index (χ1n) is 7.37. The Labute approximate surface area is 105 Å². The Kier molecular flexibility index (Phi) is 5.02. The zero-order valence-electron chi connectivity index (χ0n) is 11.1. The number of unbranched alkanes of at least 4 members (excludes halogenated alkanes) is 2. The summed E-state index contributed by atoms with van der Waals surface area (Å²) >= 11 is -1.65. The minimum atomic E-state index is -1.65. The van der Waals surface area contributed by atoms with E-state index in [-0.39, 0.29) is 0 Å². The number of hydrogen-bond acceptors (Lipinski definition) is 1. The van der Waals surface area contributed by atoms with Crippen LogP contribution in [0.3, 0.4) is 0 Å². The van der Waals surface area contributed by atoms with Gasteiger partial charge in [0.05, 0.1) is 0 Å². The SMILES string of the molecule is CCC[CH2][Sn]1([CH2]CCC)[CH2][C@H]2COC[C@H]2[CH2]1. The van der Waals surface area contributed by atoms with Crippen molar-refractivity contribution >= 4 is 18.4 Å². The quantitative estimate of drug-likeness (QED) is 0.659. The van der Waals surface area contributed by atoms with E-state index in [2.05, 4.69) is 13.8 Å². The molecule has 0 aromatic heterocycles. The predicted octanol–water partition coefficient (Wildman–Crippen LogP) is 4.31. The molecule has 0 aliphatic carbocycles. The van der Waals surface area contributed by atoms with Crippen molar-refractivity contribution < 1.29 is 4.74 Å². The fraction of sp³-hybridized carbons (Fsp3) is 1.00. The Balaban J connectivity index is 1.93.